The van der Waals surface area contributed by atoms with Gasteiger partial charge >= 0.3 is 5.97 Å². The molecule has 0 radical (unpaired) electrons. The normalized spacial score (nSPS) is 34.3. The van der Waals surface area contributed by atoms with Crippen LogP contribution >= 0.6 is 0 Å². The molecule has 0 aromatic carbocycles. The van der Waals surface area contributed by atoms with Gasteiger partial charge in [-0.1, -0.05) is 90.9 Å². The molecule has 0 unspecified atom stereocenters. The maximum absolute atomic E-state index is 11.5. The van der Waals surface area contributed by atoms with Crippen LogP contribution in [-0.2, 0) is 9.53 Å². The van der Waals surface area contributed by atoms with Crippen LogP contribution in [-0.4, -0.2) is 24.3 Å². The number of carbonyl (C=O) groups excluding carboxylic acids is 1. The van der Waals surface area contributed by atoms with Crippen LogP contribution in [0.5, 0.6) is 0 Å². The molecular formula is C38H70O3. The Morgan fingerprint density at radius 2 is 0.878 bits per heavy atom. The molecule has 0 aromatic heterocycles. The van der Waals surface area contributed by atoms with E-state index < -0.39 is 0 Å². The highest BCUT2D eigenvalue weighted by Crippen LogP contribution is 2.44. The lowest BCUT2D eigenvalue weighted by Crippen LogP contribution is -2.26. The van der Waals surface area contributed by atoms with Crippen molar-refractivity contribution in [3.05, 3.63) is 0 Å². The Morgan fingerprint density at radius 3 is 1.20 bits per heavy atom. The van der Waals surface area contributed by atoms with Gasteiger partial charge in [0.2, 0.25) is 0 Å². The molecule has 4 aliphatic carbocycles. The molecule has 240 valence electrons. The molecule has 3 heteroatoms. The molecule has 4 fully saturated rings. The molecule has 3 nitrogen and oxygen atoms in total. The SMILES string of the molecule is CCCC1CCC(C2CCC(CCC(=O)OCC)CC2)CC1.CCCC1CCC(C2CCC(CCCO)CC2)CC1. The summed E-state index contributed by atoms with van der Waals surface area (Å²) in [5.74, 6) is 7.90. The predicted octanol–water partition coefficient (Wildman–Crippen LogP) is 10.9. The quantitative estimate of drug-likeness (QED) is 0.223. The van der Waals surface area contributed by atoms with E-state index in [2.05, 4.69) is 13.8 Å². The van der Waals surface area contributed by atoms with Gasteiger partial charge in [0.05, 0.1) is 6.61 Å². The first-order valence-corrected chi connectivity index (χ1v) is 18.8. The van der Waals surface area contributed by atoms with Gasteiger partial charge in [0.15, 0.2) is 0 Å². The average molecular weight is 575 g/mol. The first-order chi connectivity index (χ1) is 20.1. The van der Waals surface area contributed by atoms with Gasteiger partial charge in [-0.2, -0.15) is 0 Å². The van der Waals surface area contributed by atoms with Gasteiger partial charge in [-0.25, -0.2) is 0 Å². The van der Waals surface area contributed by atoms with Crippen molar-refractivity contribution in [3.8, 4) is 0 Å². The Bertz CT molecular complexity index is 644. The van der Waals surface area contributed by atoms with E-state index >= 15 is 0 Å². The molecule has 4 aliphatic rings. The third-order valence-corrected chi connectivity index (χ3v) is 12.1. The van der Waals surface area contributed by atoms with Crippen molar-refractivity contribution in [2.45, 2.75) is 175 Å². The van der Waals surface area contributed by atoms with Gasteiger partial charge in [-0.05, 0) is 125 Å². The van der Waals surface area contributed by atoms with Crippen LogP contribution in [0.25, 0.3) is 0 Å². The summed E-state index contributed by atoms with van der Waals surface area (Å²) in [5.41, 5.74) is 0. The van der Waals surface area contributed by atoms with Gasteiger partial charge in [-0.15, -0.1) is 0 Å². The van der Waals surface area contributed by atoms with E-state index in [9.17, 15) is 4.79 Å². The predicted molar refractivity (Wildman–Crippen MR) is 174 cm³/mol. The molecule has 0 aromatic rings. The lowest BCUT2D eigenvalue weighted by molar-refractivity contribution is -0.143. The standard InChI is InChI=1S/C20H36O2.C18H34O/c1-3-5-16-6-11-18(12-7-16)19-13-8-17(9-14-19)10-15-20(21)22-4-2;1-2-4-15-6-10-17(11-7-15)18-12-8-16(9-13-18)5-3-14-19/h16-19H,3-15H2,1-2H3;15-19H,2-14H2,1H3. The average Bonchev–Trinajstić information content (AvgIpc) is 3.01. The fourth-order valence-corrected chi connectivity index (χ4v) is 9.54. The molecule has 1 N–H and O–H groups in total. The molecule has 0 amide bonds. The highest BCUT2D eigenvalue weighted by atomic mass is 16.5. The summed E-state index contributed by atoms with van der Waals surface area (Å²) in [6.07, 6.45) is 33.1. The van der Waals surface area contributed by atoms with Crippen LogP contribution in [0.1, 0.15) is 175 Å². The molecule has 41 heavy (non-hydrogen) atoms. The number of aliphatic hydroxyl groups excluding tert-OH is 1. The number of rotatable bonds is 13. The van der Waals surface area contributed by atoms with E-state index in [1.54, 1.807) is 0 Å². The summed E-state index contributed by atoms with van der Waals surface area (Å²) < 4.78 is 5.04. The van der Waals surface area contributed by atoms with Gasteiger partial charge in [0.25, 0.3) is 0 Å². The summed E-state index contributed by atoms with van der Waals surface area (Å²) in [4.78, 5) is 11.5. The van der Waals surface area contributed by atoms with E-state index in [4.69, 9.17) is 9.84 Å². The van der Waals surface area contributed by atoms with Crippen LogP contribution in [0.15, 0.2) is 0 Å². The Labute approximate surface area is 255 Å². The smallest absolute Gasteiger partial charge is 0.305 e. The molecule has 0 aliphatic heterocycles. The topological polar surface area (TPSA) is 46.5 Å². The molecule has 0 bridgehead atoms. The number of hydrogen-bond donors (Lipinski definition) is 1. The lowest BCUT2D eigenvalue weighted by Gasteiger charge is -2.38. The largest absolute Gasteiger partial charge is 0.466 e. The fourth-order valence-electron chi connectivity index (χ4n) is 9.54. The van der Waals surface area contributed by atoms with Crippen molar-refractivity contribution < 1.29 is 14.6 Å². The maximum Gasteiger partial charge on any atom is 0.305 e. The Morgan fingerprint density at radius 1 is 0.537 bits per heavy atom. The Balaban J connectivity index is 0.000000228. The van der Waals surface area contributed by atoms with Gasteiger partial charge in [-0.3, -0.25) is 4.79 Å². The number of esters is 1. The molecular weight excluding hydrogens is 504 g/mol. The monoisotopic (exact) mass is 575 g/mol. The summed E-state index contributed by atoms with van der Waals surface area (Å²) in [7, 11) is 0. The minimum Gasteiger partial charge on any atom is -0.466 e. The molecule has 4 rings (SSSR count). The summed E-state index contributed by atoms with van der Waals surface area (Å²) >= 11 is 0. The van der Waals surface area contributed by atoms with Crippen LogP contribution in [0.3, 0.4) is 0 Å². The van der Waals surface area contributed by atoms with Gasteiger partial charge in [0, 0.05) is 13.0 Å². The second kappa shape index (κ2) is 20.4. The number of aliphatic hydroxyl groups is 1. The van der Waals surface area contributed by atoms with Crippen molar-refractivity contribution >= 4 is 5.97 Å². The number of ether oxygens (including phenoxy) is 1. The van der Waals surface area contributed by atoms with Crippen LogP contribution in [0.2, 0.25) is 0 Å². The molecule has 0 saturated heterocycles. The van der Waals surface area contributed by atoms with Crippen LogP contribution < -0.4 is 0 Å². The molecule has 0 atom stereocenters. The van der Waals surface area contributed by atoms with E-state index in [0.29, 0.717) is 19.6 Å². The van der Waals surface area contributed by atoms with Crippen molar-refractivity contribution in [1.29, 1.82) is 0 Å². The zero-order valence-electron chi connectivity index (χ0n) is 27.8. The van der Waals surface area contributed by atoms with E-state index in [-0.39, 0.29) is 5.97 Å². The van der Waals surface area contributed by atoms with Crippen molar-refractivity contribution in [2.24, 2.45) is 47.3 Å². The fraction of sp³-hybridized carbons (Fsp3) is 0.974. The zero-order valence-corrected chi connectivity index (χ0v) is 27.8. The third-order valence-electron chi connectivity index (χ3n) is 12.1. The zero-order chi connectivity index (χ0) is 29.3. The van der Waals surface area contributed by atoms with E-state index in [1.807, 2.05) is 6.92 Å². The second-order valence-electron chi connectivity index (χ2n) is 14.9. The first-order valence-electron chi connectivity index (χ1n) is 18.8. The second-order valence-corrected chi connectivity index (χ2v) is 14.9. The van der Waals surface area contributed by atoms with Gasteiger partial charge in [0.1, 0.15) is 0 Å². The minimum atomic E-state index is -0.00105. The first kappa shape index (κ1) is 34.9. The lowest BCUT2D eigenvalue weighted by atomic mass is 9.68. The van der Waals surface area contributed by atoms with Crippen LogP contribution in [0.4, 0.5) is 0 Å². The summed E-state index contributed by atoms with van der Waals surface area (Å²) in [6.45, 7) is 7.45. The van der Waals surface area contributed by atoms with Crippen LogP contribution in [0, 0.1) is 47.3 Å². The van der Waals surface area contributed by atoms with Gasteiger partial charge < -0.3 is 9.84 Å². The van der Waals surface area contributed by atoms with E-state index in [0.717, 1.165) is 60.2 Å². The maximum atomic E-state index is 11.5. The number of hydrogen-bond acceptors (Lipinski definition) is 3. The van der Waals surface area contributed by atoms with Crippen molar-refractivity contribution in [3.63, 3.8) is 0 Å². The molecule has 0 spiro atoms. The minimum absolute atomic E-state index is 0.00105. The Kier molecular flexibility index (Phi) is 17.4. The van der Waals surface area contributed by atoms with E-state index in [1.165, 1.54) is 135 Å². The molecule has 0 heterocycles. The van der Waals surface area contributed by atoms with Crippen molar-refractivity contribution in [1.82, 2.24) is 0 Å². The molecule has 4 saturated carbocycles. The summed E-state index contributed by atoms with van der Waals surface area (Å²) in [5, 5.41) is 8.92. The third kappa shape index (κ3) is 12.9. The highest BCUT2D eigenvalue weighted by molar-refractivity contribution is 5.69. The highest BCUT2D eigenvalue weighted by Gasteiger charge is 2.32. The number of carbonyl (C=O) groups is 1. The Hall–Kier alpha value is -0.570. The summed E-state index contributed by atoms with van der Waals surface area (Å²) in [6, 6.07) is 0. The van der Waals surface area contributed by atoms with Crippen molar-refractivity contribution in [2.75, 3.05) is 13.2 Å².